The molecule has 0 radical (unpaired) electrons. The summed E-state index contributed by atoms with van der Waals surface area (Å²) in [7, 11) is -3.95. The summed E-state index contributed by atoms with van der Waals surface area (Å²) in [4.78, 5) is 7.14. The number of aliphatic hydroxyl groups is 1. The first-order valence-electron chi connectivity index (χ1n) is 12.3. The SMILES string of the molecule is CCN(CC)c1ccc(-c2ccc3cc(OC(CO)COS(=O)(=O)c4ccc(C)cc4)ccc3n2)cc1. The molecule has 1 atom stereocenters. The van der Waals surface area contributed by atoms with E-state index in [-0.39, 0.29) is 11.5 Å². The molecule has 1 aromatic heterocycles. The average Bonchev–Trinajstić information content (AvgIpc) is 2.92. The van der Waals surface area contributed by atoms with Crippen molar-refractivity contribution < 1.29 is 22.4 Å². The Morgan fingerprint density at radius 2 is 1.62 bits per heavy atom. The highest BCUT2D eigenvalue weighted by Gasteiger charge is 2.19. The Morgan fingerprint density at radius 3 is 2.27 bits per heavy atom. The van der Waals surface area contributed by atoms with Crippen molar-refractivity contribution in [2.75, 3.05) is 31.2 Å². The molecule has 8 heteroatoms. The highest BCUT2D eigenvalue weighted by Crippen LogP contribution is 2.26. The van der Waals surface area contributed by atoms with Gasteiger partial charge in [-0.25, -0.2) is 4.98 Å². The number of fused-ring (bicyclic) bond motifs is 1. The van der Waals surface area contributed by atoms with Gasteiger partial charge in [-0.1, -0.05) is 35.9 Å². The summed E-state index contributed by atoms with van der Waals surface area (Å²) in [6, 6.07) is 24.1. The van der Waals surface area contributed by atoms with Gasteiger partial charge in [0.25, 0.3) is 10.1 Å². The number of aliphatic hydroxyl groups excluding tert-OH is 1. The fourth-order valence-electron chi connectivity index (χ4n) is 4.02. The summed E-state index contributed by atoms with van der Waals surface area (Å²) in [5, 5.41) is 10.6. The third kappa shape index (κ3) is 6.46. The van der Waals surface area contributed by atoms with Crippen LogP contribution in [-0.4, -0.2) is 50.9 Å². The molecule has 0 amide bonds. The molecule has 0 saturated heterocycles. The van der Waals surface area contributed by atoms with Gasteiger partial charge in [0.2, 0.25) is 0 Å². The molecule has 1 heterocycles. The van der Waals surface area contributed by atoms with Gasteiger partial charge < -0.3 is 14.7 Å². The molecule has 0 spiro atoms. The quantitative estimate of drug-likeness (QED) is 0.272. The van der Waals surface area contributed by atoms with Crippen molar-refractivity contribution in [3.05, 3.63) is 84.4 Å². The normalized spacial score (nSPS) is 12.4. The fraction of sp³-hybridized carbons (Fsp3) is 0.276. The molecule has 0 aliphatic heterocycles. The maximum atomic E-state index is 12.5. The molecule has 194 valence electrons. The maximum absolute atomic E-state index is 12.5. The molecule has 1 unspecified atom stereocenters. The first-order valence-corrected chi connectivity index (χ1v) is 13.7. The molecule has 0 saturated carbocycles. The Morgan fingerprint density at radius 1 is 0.919 bits per heavy atom. The van der Waals surface area contributed by atoms with E-state index < -0.39 is 22.8 Å². The van der Waals surface area contributed by atoms with Gasteiger partial charge in [-0.2, -0.15) is 8.42 Å². The summed E-state index contributed by atoms with van der Waals surface area (Å²) in [5.41, 5.74) is 4.84. The van der Waals surface area contributed by atoms with Gasteiger partial charge in [0.15, 0.2) is 0 Å². The number of nitrogens with zero attached hydrogens (tertiary/aromatic N) is 2. The van der Waals surface area contributed by atoms with E-state index in [2.05, 4.69) is 43.0 Å². The molecule has 0 bridgehead atoms. The molecule has 0 fully saturated rings. The monoisotopic (exact) mass is 520 g/mol. The van der Waals surface area contributed by atoms with Crippen molar-refractivity contribution in [3.63, 3.8) is 0 Å². The molecule has 3 aromatic carbocycles. The van der Waals surface area contributed by atoms with Crippen LogP contribution in [0.2, 0.25) is 0 Å². The lowest BCUT2D eigenvalue weighted by Crippen LogP contribution is -2.28. The zero-order valence-electron chi connectivity index (χ0n) is 21.3. The zero-order valence-corrected chi connectivity index (χ0v) is 22.1. The van der Waals surface area contributed by atoms with Crippen LogP contribution in [0.15, 0.2) is 83.8 Å². The van der Waals surface area contributed by atoms with Crippen molar-refractivity contribution in [3.8, 4) is 17.0 Å². The molecule has 37 heavy (non-hydrogen) atoms. The predicted molar refractivity (Wildman–Crippen MR) is 147 cm³/mol. The Kier molecular flexibility index (Phi) is 8.43. The molecule has 4 aromatic rings. The van der Waals surface area contributed by atoms with E-state index in [9.17, 15) is 13.5 Å². The van der Waals surface area contributed by atoms with Crippen LogP contribution < -0.4 is 9.64 Å². The molecular formula is C29H32N2O5S. The van der Waals surface area contributed by atoms with Gasteiger partial charge in [0.05, 0.1) is 22.7 Å². The van der Waals surface area contributed by atoms with E-state index in [0.717, 1.165) is 40.8 Å². The Labute approximate surface area is 218 Å². The van der Waals surface area contributed by atoms with Crippen LogP contribution in [0.1, 0.15) is 19.4 Å². The van der Waals surface area contributed by atoms with Crippen LogP contribution in [0, 0.1) is 6.92 Å². The second-order valence-corrected chi connectivity index (χ2v) is 10.4. The zero-order chi connectivity index (χ0) is 26.4. The number of anilines is 1. The second kappa shape index (κ2) is 11.7. The molecule has 4 rings (SSSR count). The highest BCUT2D eigenvalue weighted by molar-refractivity contribution is 7.86. The maximum Gasteiger partial charge on any atom is 0.297 e. The van der Waals surface area contributed by atoms with E-state index in [1.165, 1.54) is 17.8 Å². The van der Waals surface area contributed by atoms with Crippen molar-refractivity contribution >= 4 is 26.7 Å². The molecule has 0 aliphatic carbocycles. The number of pyridine rings is 1. The first-order chi connectivity index (χ1) is 17.8. The van der Waals surface area contributed by atoms with Crippen LogP contribution in [0.5, 0.6) is 5.75 Å². The van der Waals surface area contributed by atoms with Gasteiger partial charge in [-0.05, 0) is 69.3 Å². The molecule has 1 N–H and O–H groups in total. The summed E-state index contributed by atoms with van der Waals surface area (Å²) in [6.45, 7) is 7.36. The largest absolute Gasteiger partial charge is 0.486 e. The van der Waals surface area contributed by atoms with Crippen molar-refractivity contribution in [2.24, 2.45) is 0 Å². The number of aromatic nitrogens is 1. The fourth-order valence-corrected chi connectivity index (χ4v) is 4.96. The Bertz CT molecular complexity index is 1430. The Hall–Kier alpha value is -3.46. The van der Waals surface area contributed by atoms with E-state index >= 15 is 0 Å². The van der Waals surface area contributed by atoms with E-state index in [4.69, 9.17) is 13.9 Å². The third-order valence-corrected chi connectivity index (χ3v) is 7.47. The topological polar surface area (TPSA) is 89.0 Å². The number of aryl methyl sites for hydroxylation is 1. The van der Waals surface area contributed by atoms with Crippen LogP contribution in [0.3, 0.4) is 0 Å². The van der Waals surface area contributed by atoms with E-state index in [0.29, 0.717) is 5.75 Å². The highest BCUT2D eigenvalue weighted by atomic mass is 32.2. The number of hydrogen-bond donors (Lipinski definition) is 1. The second-order valence-electron chi connectivity index (χ2n) is 8.74. The summed E-state index contributed by atoms with van der Waals surface area (Å²) in [5.74, 6) is 0.487. The standard InChI is InChI=1S/C29H32N2O5S/c1-4-31(5-2)24-11-8-22(9-12-24)28-16-10-23-18-25(13-17-29(23)30-28)36-26(19-32)20-35-37(33,34)27-14-6-21(3)7-15-27/h6-18,26,32H,4-5,19-20H2,1-3H3. The van der Waals surface area contributed by atoms with Gasteiger partial charge in [0.1, 0.15) is 18.5 Å². The number of rotatable bonds is 11. The number of hydrogen-bond acceptors (Lipinski definition) is 7. The van der Waals surface area contributed by atoms with Gasteiger partial charge >= 0.3 is 0 Å². The summed E-state index contributed by atoms with van der Waals surface area (Å²) >= 11 is 0. The predicted octanol–water partition coefficient (Wildman–Crippen LogP) is 5.20. The van der Waals surface area contributed by atoms with Gasteiger partial charge in [-0.15, -0.1) is 0 Å². The average molecular weight is 521 g/mol. The summed E-state index contributed by atoms with van der Waals surface area (Å²) in [6.07, 6.45) is -0.853. The van der Waals surface area contributed by atoms with Crippen LogP contribution in [-0.2, 0) is 14.3 Å². The van der Waals surface area contributed by atoms with Crippen LogP contribution in [0.4, 0.5) is 5.69 Å². The Balaban J connectivity index is 1.44. The van der Waals surface area contributed by atoms with Crippen molar-refractivity contribution in [1.29, 1.82) is 0 Å². The van der Waals surface area contributed by atoms with Crippen LogP contribution >= 0.6 is 0 Å². The third-order valence-electron chi connectivity index (χ3n) is 6.18. The lowest BCUT2D eigenvalue weighted by Gasteiger charge is -2.21. The molecule has 7 nitrogen and oxygen atoms in total. The van der Waals surface area contributed by atoms with E-state index in [1.807, 2.05) is 31.2 Å². The number of benzene rings is 3. The minimum atomic E-state index is -3.95. The van der Waals surface area contributed by atoms with Crippen molar-refractivity contribution in [1.82, 2.24) is 4.98 Å². The summed E-state index contributed by atoms with van der Waals surface area (Å²) < 4.78 is 35.9. The minimum absolute atomic E-state index is 0.0602. The van der Waals surface area contributed by atoms with Crippen molar-refractivity contribution in [2.45, 2.75) is 31.8 Å². The lowest BCUT2D eigenvalue weighted by molar-refractivity contribution is 0.0742. The minimum Gasteiger partial charge on any atom is -0.486 e. The van der Waals surface area contributed by atoms with Gasteiger partial charge in [0, 0.05) is 29.7 Å². The smallest absolute Gasteiger partial charge is 0.297 e. The molecule has 0 aliphatic rings. The lowest BCUT2D eigenvalue weighted by atomic mass is 10.1. The number of ether oxygens (including phenoxy) is 1. The van der Waals surface area contributed by atoms with Crippen LogP contribution in [0.25, 0.3) is 22.2 Å². The molecular weight excluding hydrogens is 488 g/mol. The van der Waals surface area contributed by atoms with Gasteiger partial charge in [-0.3, -0.25) is 4.18 Å². The first kappa shape index (κ1) is 26.6. The van der Waals surface area contributed by atoms with E-state index in [1.54, 1.807) is 18.2 Å².